The zero-order chi connectivity index (χ0) is 23.8. The Balaban J connectivity index is 1.57. The third-order valence-electron chi connectivity index (χ3n) is 6.37. The van der Waals surface area contributed by atoms with Crippen LogP contribution in [0.5, 0.6) is 0 Å². The van der Waals surface area contributed by atoms with Gasteiger partial charge >= 0.3 is 5.76 Å². The summed E-state index contributed by atoms with van der Waals surface area (Å²) in [6, 6.07) is 9.73. The summed E-state index contributed by atoms with van der Waals surface area (Å²) in [7, 11) is 0. The number of carbonyl (C=O) groups is 1. The molecular weight excluding hydrogens is 466 g/mol. The van der Waals surface area contributed by atoms with Gasteiger partial charge in [-0.15, -0.1) is 0 Å². The van der Waals surface area contributed by atoms with E-state index in [1.54, 1.807) is 30.3 Å². The molecule has 0 bridgehead atoms. The number of aromatic nitrogens is 3. The van der Waals surface area contributed by atoms with Gasteiger partial charge in [-0.2, -0.15) is 5.10 Å². The molecule has 2 aliphatic rings. The van der Waals surface area contributed by atoms with Crippen molar-refractivity contribution >= 4 is 28.6 Å². The lowest BCUT2D eigenvalue weighted by Crippen LogP contribution is -2.38. The maximum Gasteiger partial charge on any atom is 0.417 e. The molecule has 1 fully saturated rings. The lowest BCUT2D eigenvalue weighted by molar-refractivity contribution is -0.0148. The Morgan fingerprint density at radius 1 is 1.24 bits per heavy atom. The maximum absolute atomic E-state index is 14.2. The minimum Gasteiger partial charge on any atom is -0.407 e. The second kappa shape index (κ2) is 7.27. The molecule has 6 rings (SSSR count). The van der Waals surface area contributed by atoms with Crippen LogP contribution in [0.2, 0.25) is 5.02 Å². The highest BCUT2D eigenvalue weighted by atomic mass is 35.5. The van der Waals surface area contributed by atoms with Crippen LogP contribution < -0.4 is 5.76 Å². The van der Waals surface area contributed by atoms with E-state index in [1.165, 1.54) is 4.90 Å². The minimum atomic E-state index is -3.11. The third kappa shape index (κ3) is 3.34. The van der Waals surface area contributed by atoms with E-state index >= 15 is 0 Å². The Bertz CT molecular complexity index is 1510. The molecule has 1 aliphatic carbocycles. The van der Waals surface area contributed by atoms with Crippen LogP contribution in [-0.4, -0.2) is 38.5 Å². The Labute approximate surface area is 196 Å². The zero-order valence-corrected chi connectivity index (χ0v) is 18.7. The molecule has 1 aliphatic heterocycles. The monoisotopic (exact) mass is 484 g/mol. The summed E-state index contributed by atoms with van der Waals surface area (Å²) >= 11 is 6.42. The van der Waals surface area contributed by atoms with Gasteiger partial charge in [0.05, 0.1) is 18.1 Å². The molecule has 1 saturated carbocycles. The maximum atomic E-state index is 14.2. The average Bonchev–Trinajstić information content (AvgIpc) is 3.33. The normalized spacial score (nSPS) is 18.2. The fraction of sp³-hybridized carbons (Fsp3) is 0.292. The molecule has 3 heterocycles. The second-order valence-electron chi connectivity index (χ2n) is 9.02. The van der Waals surface area contributed by atoms with Crippen molar-refractivity contribution in [3.8, 4) is 11.3 Å². The quantitative estimate of drug-likeness (QED) is 0.405. The van der Waals surface area contributed by atoms with Crippen LogP contribution in [0.15, 0.2) is 45.6 Å². The first-order valence-corrected chi connectivity index (χ1v) is 11.3. The lowest BCUT2D eigenvalue weighted by Gasteiger charge is -2.29. The largest absolute Gasteiger partial charge is 0.417 e. The number of halogens is 3. The molecule has 0 radical (unpaired) electrons. The van der Waals surface area contributed by atoms with E-state index in [2.05, 4.69) is 15.2 Å². The van der Waals surface area contributed by atoms with Crippen LogP contribution in [0.1, 0.15) is 58.9 Å². The second-order valence-corrected chi connectivity index (χ2v) is 9.43. The van der Waals surface area contributed by atoms with Crippen molar-refractivity contribution in [2.45, 2.75) is 37.6 Å². The van der Waals surface area contributed by atoms with Crippen molar-refractivity contribution in [2.75, 3.05) is 6.54 Å². The fourth-order valence-corrected chi connectivity index (χ4v) is 5.08. The average molecular weight is 485 g/mol. The summed E-state index contributed by atoms with van der Waals surface area (Å²) in [6.45, 7) is 0.0270. The van der Waals surface area contributed by atoms with Gasteiger partial charge in [0.15, 0.2) is 5.58 Å². The highest BCUT2D eigenvalue weighted by molar-refractivity contribution is 6.31. The predicted molar refractivity (Wildman–Crippen MR) is 121 cm³/mol. The number of rotatable bonds is 5. The predicted octanol–water partition coefficient (Wildman–Crippen LogP) is 5.24. The third-order valence-corrected chi connectivity index (χ3v) is 6.71. The summed E-state index contributed by atoms with van der Waals surface area (Å²) in [4.78, 5) is 28.9. The van der Waals surface area contributed by atoms with Gasteiger partial charge in [-0.25, -0.2) is 13.6 Å². The number of aromatic amines is 2. The van der Waals surface area contributed by atoms with Crippen LogP contribution in [-0.2, 0) is 0 Å². The first kappa shape index (κ1) is 21.1. The van der Waals surface area contributed by atoms with Crippen LogP contribution in [0.25, 0.3) is 22.4 Å². The van der Waals surface area contributed by atoms with E-state index in [0.717, 1.165) is 25.3 Å². The zero-order valence-electron chi connectivity index (χ0n) is 18.0. The molecule has 174 valence electrons. The number of benzene rings is 2. The van der Waals surface area contributed by atoms with E-state index in [1.807, 2.05) is 6.07 Å². The van der Waals surface area contributed by atoms with Crippen LogP contribution >= 0.6 is 11.6 Å². The molecule has 2 N–H and O–H groups in total. The molecule has 7 nitrogen and oxygen atoms in total. The fourth-order valence-electron chi connectivity index (χ4n) is 4.81. The highest BCUT2D eigenvalue weighted by Gasteiger charge is 2.46. The number of hydrogen-bond acceptors (Lipinski definition) is 4. The summed E-state index contributed by atoms with van der Waals surface area (Å²) in [5, 5.41) is 7.71. The number of fused-ring (bicyclic) bond motifs is 2. The highest BCUT2D eigenvalue weighted by Crippen LogP contribution is 2.48. The molecule has 1 atom stereocenters. The van der Waals surface area contributed by atoms with E-state index in [4.69, 9.17) is 16.0 Å². The summed E-state index contributed by atoms with van der Waals surface area (Å²) in [5.41, 5.74) is 3.83. The number of carbonyl (C=O) groups excluding carboxylic acids is 1. The topological polar surface area (TPSA) is 95.0 Å². The van der Waals surface area contributed by atoms with Crippen molar-refractivity contribution in [1.82, 2.24) is 20.1 Å². The van der Waals surface area contributed by atoms with Gasteiger partial charge in [-0.1, -0.05) is 29.8 Å². The smallest absolute Gasteiger partial charge is 0.407 e. The van der Waals surface area contributed by atoms with Crippen molar-refractivity contribution in [3.05, 3.63) is 74.4 Å². The first-order chi connectivity index (χ1) is 16.2. The van der Waals surface area contributed by atoms with Gasteiger partial charge in [-0.3, -0.25) is 14.9 Å². The van der Waals surface area contributed by atoms with Gasteiger partial charge in [0.25, 0.3) is 11.8 Å². The molecule has 1 amide bonds. The van der Waals surface area contributed by atoms with Crippen LogP contribution in [0, 0.1) is 0 Å². The van der Waals surface area contributed by atoms with Crippen molar-refractivity contribution in [2.24, 2.45) is 0 Å². The number of H-pyrrole nitrogens is 2. The molecule has 2 aromatic heterocycles. The van der Waals surface area contributed by atoms with Gasteiger partial charge in [-0.05, 0) is 48.1 Å². The molecule has 0 saturated heterocycles. The number of alkyl halides is 2. The molecule has 34 heavy (non-hydrogen) atoms. The number of para-hydroxylation sites is 1. The number of hydrogen-bond donors (Lipinski definition) is 2. The molecule has 4 aromatic rings. The van der Waals surface area contributed by atoms with E-state index in [0.29, 0.717) is 38.8 Å². The van der Waals surface area contributed by atoms with E-state index in [-0.39, 0.29) is 11.3 Å². The van der Waals surface area contributed by atoms with Gasteiger partial charge in [0, 0.05) is 23.1 Å². The van der Waals surface area contributed by atoms with Crippen LogP contribution in [0.4, 0.5) is 8.78 Å². The molecule has 2 aromatic carbocycles. The number of nitrogens with one attached hydrogen (secondary N) is 2. The summed E-state index contributed by atoms with van der Waals surface area (Å²) in [5.74, 6) is -3.96. The first-order valence-electron chi connectivity index (χ1n) is 10.9. The minimum absolute atomic E-state index is 0.141. The van der Waals surface area contributed by atoms with Crippen molar-refractivity contribution in [1.29, 1.82) is 0 Å². The van der Waals surface area contributed by atoms with Gasteiger partial charge in [0.2, 0.25) is 0 Å². The van der Waals surface area contributed by atoms with Gasteiger partial charge in [0.1, 0.15) is 11.4 Å². The molecular formula is C24H19ClF2N4O3. The van der Waals surface area contributed by atoms with E-state index < -0.39 is 30.2 Å². The Morgan fingerprint density at radius 3 is 2.76 bits per heavy atom. The van der Waals surface area contributed by atoms with Gasteiger partial charge < -0.3 is 9.32 Å². The lowest BCUT2D eigenvalue weighted by atomic mass is 9.93. The number of nitrogens with zero attached hydrogens (tertiary/aromatic N) is 2. The summed E-state index contributed by atoms with van der Waals surface area (Å²) < 4.78 is 33.7. The standard InChI is InChI=1S/C24H19ClF2N4O3/c1-24(26,27)10-31-20(12-7-8-15(25)14(9-12)11-5-6-11)17-18(29-30-19(17)22(31)32)13-3-2-4-16-21(13)34-23(33)28-16/h2-4,7-9,11,20H,5-6,10H2,1H3,(H,28,33)(H,29,30). The van der Waals surface area contributed by atoms with Crippen molar-refractivity contribution in [3.63, 3.8) is 0 Å². The van der Waals surface area contributed by atoms with Crippen molar-refractivity contribution < 1.29 is 18.0 Å². The van der Waals surface area contributed by atoms with E-state index in [9.17, 15) is 18.4 Å². The molecule has 10 heteroatoms. The van der Waals surface area contributed by atoms with Crippen LogP contribution in [0.3, 0.4) is 0 Å². The Hall–Kier alpha value is -3.46. The Morgan fingerprint density at radius 2 is 2.03 bits per heavy atom. The SMILES string of the molecule is CC(F)(F)CN1C(=O)c2[nH]nc(-c3cccc4[nH]c(=O)oc34)c2C1c1ccc(Cl)c(C2CC2)c1. The number of amides is 1. The Kier molecular flexibility index (Phi) is 4.51. The number of oxazole rings is 1. The molecule has 0 spiro atoms. The summed E-state index contributed by atoms with van der Waals surface area (Å²) in [6.07, 6.45) is 2.03. The molecule has 1 unspecified atom stereocenters.